The molecule has 0 aromatic heterocycles. The highest BCUT2D eigenvalue weighted by Crippen LogP contribution is 2.45. The van der Waals surface area contributed by atoms with Gasteiger partial charge in [0.05, 0.1) is 22.9 Å². The van der Waals surface area contributed by atoms with Crippen molar-refractivity contribution in [2.24, 2.45) is 4.99 Å². The summed E-state index contributed by atoms with van der Waals surface area (Å²) in [4.78, 5) is 35.5. The lowest BCUT2D eigenvalue weighted by molar-refractivity contribution is -0.122. The zero-order chi connectivity index (χ0) is 27.4. The van der Waals surface area contributed by atoms with Crippen LogP contribution < -0.4 is 5.32 Å². The van der Waals surface area contributed by atoms with Gasteiger partial charge in [0.25, 0.3) is 5.91 Å². The highest BCUT2D eigenvalue weighted by molar-refractivity contribution is 8.19. The number of benzene rings is 3. The molecule has 6 nitrogen and oxygen atoms in total. The Balaban J connectivity index is 1.52. The van der Waals surface area contributed by atoms with Gasteiger partial charge in [0, 0.05) is 31.3 Å². The molecule has 0 saturated carbocycles. The molecular weight excluding hydrogens is 525 g/mol. The molecule has 0 unspecified atom stereocenters. The van der Waals surface area contributed by atoms with Crippen LogP contribution in [0.3, 0.4) is 0 Å². The standard InChI is InChI=1S/C31H30N4O2S2/c1-4-32-26-16-15-24(21(2)36)18-27(26)33-31-35(19-23-13-9-6-10-14-23)29(37)28(39-31)30-34(3)25(20-38-30)17-22-11-7-5-8-12-22/h5-16,18,20,32H,4,17,19H2,1-3H3/b30-28-,33-31?. The summed E-state index contributed by atoms with van der Waals surface area (Å²) in [6.07, 6.45) is 0.790. The normalized spacial score (nSPS) is 18.2. The third-order valence-electron chi connectivity index (χ3n) is 6.50. The van der Waals surface area contributed by atoms with Gasteiger partial charge in [0.1, 0.15) is 4.91 Å². The molecule has 3 aromatic rings. The molecule has 0 atom stereocenters. The Morgan fingerprint density at radius 2 is 1.67 bits per heavy atom. The molecule has 0 aliphatic carbocycles. The summed E-state index contributed by atoms with van der Waals surface area (Å²) in [6.45, 7) is 4.68. The predicted molar refractivity (Wildman–Crippen MR) is 163 cm³/mol. The molecule has 2 heterocycles. The van der Waals surface area contributed by atoms with E-state index < -0.39 is 0 Å². The number of hydrogen-bond acceptors (Lipinski definition) is 7. The molecule has 2 aliphatic heterocycles. The van der Waals surface area contributed by atoms with Crippen molar-refractivity contribution >= 4 is 51.8 Å². The van der Waals surface area contributed by atoms with Crippen LogP contribution in [0.4, 0.5) is 11.4 Å². The van der Waals surface area contributed by atoms with E-state index in [0.717, 1.165) is 28.4 Å². The summed E-state index contributed by atoms with van der Waals surface area (Å²) >= 11 is 2.97. The number of anilines is 1. The van der Waals surface area contributed by atoms with Gasteiger partial charge in [-0.15, -0.1) is 0 Å². The lowest BCUT2D eigenvalue weighted by Gasteiger charge is -2.19. The lowest BCUT2D eigenvalue weighted by atomic mass is 10.1. The second-order valence-electron chi connectivity index (χ2n) is 9.27. The van der Waals surface area contributed by atoms with Gasteiger partial charge in [0.15, 0.2) is 11.0 Å². The van der Waals surface area contributed by atoms with Crippen LogP contribution in [0.15, 0.2) is 105 Å². The molecular formula is C31H30N4O2S2. The number of nitrogens with zero attached hydrogens (tertiary/aromatic N) is 3. The monoisotopic (exact) mass is 554 g/mol. The number of likely N-dealkylation sites (N-methyl/N-ethyl adjacent to an activating group) is 1. The fourth-order valence-corrected chi connectivity index (χ4v) is 6.63. The van der Waals surface area contributed by atoms with Gasteiger partial charge in [-0.2, -0.15) is 0 Å². The molecule has 2 aliphatic rings. The quantitative estimate of drug-likeness (QED) is 0.239. The van der Waals surface area contributed by atoms with Crippen molar-refractivity contribution in [1.29, 1.82) is 0 Å². The number of ketones is 1. The van der Waals surface area contributed by atoms with E-state index in [-0.39, 0.29) is 11.7 Å². The lowest BCUT2D eigenvalue weighted by Crippen LogP contribution is -2.29. The smallest absolute Gasteiger partial charge is 0.269 e. The third-order valence-corrected chi connectivity index (χ3v) is 8.79. The number of carbonyl (C=O) groups excluding carboxylic acids is 2. The molecule has 5 rings (SSSR count). The predicted octanol–water partition coefficient (Wildman–Crippen LogP) is 7.02. The topological polar surface area (TPSA) is 65.0 Å². The third kappa shape index (κ3) is 5.97. The first-order valence-corrected chi connectivity index (χ1v) is 14.5. The maximum absolute atomic E-state index is 13.9. The highest BCUT2D eigenvalue weighted by Gasteiger charge is 2.38. The van der Waals surface area contributed by atoms with Crippen LogP contribution in [0.2, 0.25) is 0 Å². The highest BCUT2D eigenvalue weighted by atomic mass is 32.2. The minimum absolute atomic E-state index is 0.0281. The Morgan fingerprint density at radius 1 is 0.974 bits per heavy atom. The van der Waals surface area contributed by atoms with Crippen LogP contribution in [0.1, 0.15) is 35.3 Å². The molecule has 8 heteroatoms. The number of amides is 1. The van der Waals surface area contributed by atoms with E-state index in [1.165, 1.54) is 17.3 Å². The van der Waals surface area contributed by atoms with Crippen LogP contribution in [-0.2, 0) is 17.8 Å². The number of carbonyl (C=O) groups is 2. The van der Waals surface area contributed by atoms with Gasteiger partial charge >= 0.3 is 0 Å². The first kappa shape index (κ1) is 26.8. The van der Waals surface area contributed by atoms with E-state index in [9.17, 15) is 9.59 Å². The summed E-state index contributed by atoms with van der Waals surface area (Å²) in [6, 6.07) is 25.7. The van der Waals surface area contributed by atoms with Crippen LogP contribution >= 0.6 is 23.5 Å². The second kappa shape index (κ2) is 12.0. The van der Waals surface area contributed by atoms with Crippen LogP contribution in [0.5, 0.6) is 0 Å². The first-order valence-electron chi connectivity index (χ1n) is 12.8. The van der Waals surface area contributed by atoms with E-state index in [0.29, 0.717) is 34.4 Å². The van der Waals surface area contributed by atoms with E-state index in [1.54, 1.807) is 35.7 Å². The zero-order valence-electron chi connectivity index (χ0n) is 22.2. The van der Waals surface area contributed by atoms with Gasteiger partial charge in [-0.25, -0.2) is 4.99 Å². The molecule has 3 aromatic carbocycles. The Labute approximate surface area is 237 Å². The SMILES string of the molecule is CCNc1ccc(C(C)=O)cc1N=C1S/C(=C2\SC=C(Cc3ccccc3)N2C)C(=O)N1Cc1ccccc1. The Bertz CT molecular complexity index is 1480. The summed E-state index contributed by atoms with van der Waals surface area (Å²) in [5.41, 5.74) is 5.43. The van der Waals surface area contributed by atoms with E-state index in [2.05, 4.69) is 27.8 Å². The molecule has 1 N–H and O–H groups in total. The van der Waals surface area contributed by atoms with E-state index in [1.807, 2.05) is 68.6 Å². The van der Waals surface area contributed by atoms with Crippen molar-refractivity contribution in [1.82, 2.24) is 9.80 Å². The van der Waals surface area contributed by atoms with E-state index in [4.69, 9.17) is 4.99 Å². The minimum atomic E-state index is -0.0703. The maximum Gasteiger partial charge on any atom is 0.269 e. The number of thioether (sulfide) groups is 2. The molecule has 1 saturated heterocycles. The zero-order valence-corrected chi connectivity index (χ0v) is 23.8. The summed E-state index contributed by atoms with van der Waals surface area (Å²) < 4.78 is 0. The molecule has 0 spiro atoms. The van der Waals surface area contributed by atoms with Gasteiger partial charge in [0.2, 0.25) is 0 Å². The van der Waals surface area contributed by atoms with Crippen molar-refractivity contribution in [3.8, 4) is 0 Å². The molecule has 198 valence electrons. The number of Topliss-reactive ketones (excluding diaryl/α,β-unsaturated/α-hetero) is 1. The summed E-state index contributed by atoms with van der Waals surface area (Å²) in [5, 5.41) is 6.96. The number of hydrogen-bond donors (Lipinski definition) is 1. The van der Waals surface area contributed by atoms with Crippen molar-refractivity contribution in [2.75, 3.05) is 18.9 Å². The van der Waals surface area contributed by atoms with Gasteiger partial charge in [-0.1, -0.05) is 72.4 Å². The number of aliphatic imine (C=N–C) groups is 1. The Morgan fingerprint density at radius 3 is 2.33 bits per heavy atom. The van der Waals surface area contributed by atoms with E-state index >= 15 is 0 Å². The second-order valence-corrected chi connectivity index (χ2v) is 11.1. The number of nitrogens with one attached hydrogen (secondary N) is 1. The van der Waals surface area contributed by atoms with Crippen LogP contribution in [0, 0.1) is 0 Å². The van der Waals surface area contributed by atoms with Gasteiger partial charge < -0.3 is 10.2 Å². The number of allylic oxidation sites excluding steroid dienone is 1. The van der Waals surface area contributed by atoms with Crippen molar-refractivity contribution in [3.05, 3.63) is 117 Å². The fourth-order valence-electron chi connectivity index (χ4n) is 4.39. The molecule has 39 heavy (non-hydrogen) atoms. The average Bonchev–Trinajstić information content (AvgIpc) is 3.44. The van der Waals surface area contributed by atoms with Crippen molar-refractivity contribution in [3.63, 3.8) is 0 Å². The van der Waals surface area contributed by atoms with Crippen molar-refractivity contribution in [2.45, 2.75) is 26.8 Å². The van der Waals surface area contributed by atoms with Crippen LogP contribution in [0.25, 0.3) is 0 Å². The van der Waals surface area contributed by atoms with Gasteiger partial charge in [-0.3, -0.25) is 14.5 Å². The molecule has 1 amide bonds. The number of amidine groups is 1. The number of rotatable bonds is 8. The summed E-state index contributed by atoms with van der Waals surface area (Å²) in [5.74, 6) is -0.0985. The summed E-state index contributed by atoms with van der Waals surface area (Å²) in [7, 11) is 2.02. The van der Waals surface area contributed by atoms with Gasteiger partial charge in [-0.05, 0) is 60.3 Å². The van der Waals surface area contributed by atoms with Crippen molar-refractivity contribution < 1.29 is 9.59 Å². The van der Waals surface area contributed by atoms with Crippen LogP contribution in [-0.4, -0.2) is 40.3 Å². The first-order chi connectivity index (χ1) is 18.9. The Kier molecular flexibility index (Phi) is 8.24. The Hall–Kier alpha value is -3.75. The fraction of sp³-hybridized carbons (Fsp3) is 0.194. The largest absolute Gasteiger partial charge is 0.384 e. The minimum Gasteiger partial charge on any atom is -0.384 e. The maximum atomic E-state index is 13.9. The average molecular weight is 555 g/mol. The molecule has 0 radical (unpaired) electrons. The molecule has 0 bridgehead atoms. The molecule has 1 fully saturated rings.